The third-order valence-electron chi connectivity index (χ3n) is 6.61. The van der Waals surface area contributed by atoms with Crippen molar-refractivity contribution in [3.05, 3.63) is 67.9 Å². The molecule has 0 amide bonds. The maximum Gasteiger partial charge on any atom is 0.332 e. The minimum atomic E-state index is -0.905. The first-order chi connectivity index (χ1) is 17.2. The van der Waals surface area contributed by atoms with E-state index in [1.165, 1.54) is 9.13 Å². The number of aliphatic carboxylic acids is 1. The topological polar surface area (TPSA) is 128 Å². The molecule has 3 aromatic rings. The standard InChI is InChI=1S/C26H34N6O4/c1-17(2)9-12-31-22-23(28-25(31)30-11-5-8-20(27)16-30)29(3)26(36)32(24(22)35)13-10-18-6-4-7-19(14-18)15-21(33)34/h4,6-7,9,14,20H,5,8,10-13,15-16,27H2,1-3H3,(H,33,34). The van der Waals surface area contributed by atoms with Crippen molar-refractivity contribution in [2.24, 2.45) is 12.8 Å². The Labute approximate surface area is 209 Å². The molecule has 3 heterocycles. The van der Waals surface area contributed by atoms with Crippen molar-refractivity contribution in [2.75, 3.05) is 18.0 Å². The number of hydrogen-bond acceptors (Lipinski definition) is 6. The largest absolute Gasteiger partial charge is 0.481 e. The van der Waals surface area contributed by atoms with Gasteiger partial charge in [-0.15, -0.1) is 0 Å². The average Bonchev–Trinajstić information content (AvgIpc) is 3.21. The van der Waals surface area contributed by atoms with Crippen LogP contribution >= 0.6 is 0 Å². The number of nitrogens with two attached hydrogens (primary N) is 1. The first-order valence-corrected chi connectivity index (χ1v) is 12.3. The van der Waals surface area contributed by atoms with Crippen LogP contribution in [0.3, 0.4) is 0 Å². The molecule has 1 saturated heterocycles. The van der Waals surface area contributed by atoms with Gasteiger partial charge in [-0.2, -0.15) is 4.98 Å². The molecule has 1 aliphatic rings. The second-order valence-electron chi connectivity index (χ2n) is 9.76. The van der Waals surface area contributed by atoms with Crippen molar-refractivity contribution >= 4 is 23.1 Å². The fraction of sp³-hybridized carbons (Fsp3) is 0.462. The molecule has 3 N–H and O–H groups in total. The molecule has 0 spiro atoms. The highest BCUT2D eigenvalue weighted by atomic mass is 16.4. The second kappa shape index (κ2) is 10.5. The van der Waals surface area contributed by atoms with Gasteiger partial charge in [0.15, 0.2) is 11.2 Å². The Morgan fingerprint density at radius 1 is 1.22 bits per heavy atom. The van der Waals surface area contributed by atoms with E-state index in [1.807, 2.05) is 30.6 Å². The van der Waals surface area contributed by atoms with Crippen molar-refractivity contribution in [3.8, 4) is 0 Å². The van der Waals surface area contributed by atoms with E-state index in [9.17, 15) is 14.4 Å². The maximum atomic E-state index is 13.7. The number of benzene rings is 1. The van der Waals surface area contributed by atoms with Gasteiger partial charge in [-0.1, -0.05) is 35.9 Å². The summed E-state index contributed by atoms with van der Waals surface area (Å²) in [5.41, 5.74) is 8.83. The van der Waals surface area contributed by atoms with Gasteiger partial charge in [0, 0.05) is 39.3 Å². The summed E-state index contributed by atoms with van der Waals surface area (Å²) in [6.07, 6.45) is 4.27. The van der Waals surface area contributed by atoms with E-state index >= 15 is 0 Å². The molecule has 1 aromatic carbocycles. The Bertz CT molecular complexity index is 1430. The van der Waals surface area contributed by atoms with Crippen LogP contribution in [0.15, 0.2) is 45.5 Å². The lowest BCUT2D eigenvalue weighted by Gasteiger charge is -2.31. The van der Waals surface area contributed by atoms with Crippen molar-refractivity contribution < 1.29 is 9.90 Å². The Balaban J connectivity index is 1.78. The van der Waals surface area contributed by atoms with Crippen molar-refractivity contribution in [1.82, 2.24) is 18.7 Å². The number of allylic oxidation sites excluding steroid dienone is 2. The van der Waals surface area contributed by atoms with Crippen molar-refractivity contribution in [2.45, 2.75) is 58.7 Å². The Hall–Kier alpha value is -3.66. The van der Waals surface area contributed by atoms with Crippen LogP contribution in [0.4, 0.5) is 5.95 Å². The summed E-state index contributed by atoms with van der Waals surface area (Å²) in [5, 5.41) is 9.07. The van der Waals surface area contributed by atoms with E-state index in [2.05, 4.69) is 4.90 Å². The summed E-state index contributed by atoms with van der Waals surface area (Å²) < 4.78 is 4.58. The SMILES string of the molecule is CC(C)=CCn1c(N2CCCC(N)C2)nc2c1c(=O)n(CCc1cccc(CC(=O)O)c1)c(=O)n2C. The van der Waals surface area contributed by atoms with Gasteiger partial charge in [0.1, 0.15) is 0 Å². The lowest BCUT2D eigenvalue weighted by Crippen LogP contribution is -2.44. The van der Waals surface area contributed by atoms with Crippen LogP contribution < -0.4 is 21.9 Å². The molecule has 10 nitrogen and oxygen atoms in total. The Morgan fingerprint density at radius 3 is 2.67 bits per heavy atom. The maximum absolute atomic E-state index is 13.7. The highest BCUT2D eigenvalue weighted by Gasteiger charge is 2.26. The summed E-state index contributed by atoms with van der Waals surface area (Å²) >= 11 is 0. The number of rotatable bonds is 8. The first kappa shape index (κ1) is 25.4. The van der Waals surface area contributed by atoms with Crippen molar-refractivity contribution in [1.29, 1.82) is 0 Å². The summed E-state index contributed by atoms with van der Waals surface area (Å²) in [6, 6.07) is 7.26. The van der Waals surface area contributed by atoms with Gasteiger partial charge in [-0.25, -0.2) is 4.79 Å². The number of carbonyl (C=O) groups is 1. The van der Waals surface area contributed by atoms with Crippen LogP contribution in [0.5, 0.6) is 0 Å². The van der Waals surface area contributed by atoms with Crippen LogP contribution in [0.25, 0.3) is 11.2 Å². The van der Waals surface area contributed by atoms with Crippen LogP contribution in [0.1, 0.15) is 37.8 Å². The molecule has 0 bridgehead atoms. The van der Waals surface area contributed by atoms with Gasteiger partial charge < -0.3 is 20.3 Å². The molecular formula is C26H34N6O4. The molecule has 1 aliphatic heterocycles. The van der Waals surface area contributed by atoms with Gasteiger partial charge in [0.05, 0.1) is 6.42 Å². The zero-order chi connectivity index (χ0) is 26.0. The summed E-state index contributed by atoms with van der Waals surface area (Å²) in [7, 11) is 1.64. The normalized spacial score (nSPS) is 15.9. The van der Waals surface area contributed by atoms with Gasteiger partial charge in [-0.3, -0.25) is 18.7 Å². The number of carboxylic acid groups (broad SMARTS) is 1. The summed E-state index contributed by atoms with van der Waals surface area (Å²) in [5.74, 6) is -0.248. The number of hydrogen-bond donors (Lipinski definition) is 2. The zero-order valence-corrected chi connectivity index (χ0v) is 21.1. The van der Waals surface area contributed by atoms with Gasteiger partial charge in [-0.05, 0) is 44.2 Å². The molecule has 36 heavy (non-hydrogen) atoms. The Kier molecular flexibility index (Phi) is 7.44. The van der Waals surface area contributed by atoms with Gasteiger partial charge >= 0.3 is 11.7 Å². The lowest BCUT2D eigenvalue weighted by atomic mass is 10.1. The van der Waals surface area contributed by atoms with Gasteiger partial charge in [0.2, 0.25) is 5.95 Å². The molecule has 192 valence electrons. The second-order valence-corrected chi connectivity index (χ2v) is 9.76. The molecule has 10 heteroatoms. The molecule has 0 radical (unpaired) electrons. The Morgan fingerprint density at radius 2 is 1.97 bits per heavy atom. The first-order valence-electron chi connectivity index (χ1n) is 12.3. The number of anilines is 1. The average molecular weight is 495 g/mol. The van der Waals surface area contributed by atoms with Crippen LogP contribution in [-0.4, -0.2) is 48.9 Å². The number of aryl methyl sites for hydroxylation is 2. The molecule has 1 fully saturated rings. The molecule has 0 saturated carbocycles. The number of carboxylic acids is 1. The highest BCUT2D eigenvalue weighted by molar-refractivity contribution is 5.75. The molecule has 1 unspecified atom stereocenters. The quantitative estimate of drug-likeness (QED) is 0.456. The predicted molar refractivity (Wildman–Crippen MR) is 140 cm³/mol. The number of imidazole rings is 1. The van der Waals surface area contributed by atoms with E-state index in [4.69, 9.17) is 15.8 Å². The molecular weight excluding hydrogens is 460 g/mol. The van der Waals surface area contributed by atoms with E-state index in [0.29, 0.717) is 42.2 Å². The van der Waals surface area contributed by atoms with E-state index in [0.717, 1.165) is 30.5 Å². The smallest absolute Gasteiger partial charge is 0.332 e. The molecule has 4 rings (SSSR count). The number of piperidine rings is 1. The lowest BCUT2D eigenvalue weighted by molar-refractivity contribution is -0.136. The summed E-state index contributed by atoms with van der Waals surface area (Å²) in [4.78, 5) is 44.8. The highest BCUT2D eigenvalue weighted by Crippen LogP contribution is 2.23. The van der Waals surface area contributed by atoms with Crippen LogP contribution in [0.2, 0.25) is 0 Å². The predicted octanol–water partition coefficient (Wildman–Crippen LogP) is 1.66. The fourth-order valence-corrected chi connectivity index (χ4v) is 4.75. The molecule has 1 atom stereocenters. The third kappa shape index (κ3) is 5.28. The number of fused-ring (bicyclic) bond motifs is 1. The van der Waals surface area contributed by atoms with E-state index in [1.54, 1.807) is 25.2 Å². The van der Waals surface area contributed by atoms with Crippen molar-refractivity contribution in [3.63, 3.8) is 0 Å². The summed E-state index contributed by atoms with van der Waals surface area (Å²) in [6.45, 7) is 6.08. The number of aromatic nitrogens is 4. The van der Waals surface area contributed by atoms with E-state index in [-0.39, 0.29) is 24.6 Å². The molecule has 0 aliphatic carbocycles. The van der Waals surface area contributed by atoms with Gasteiger partial charge in [0.25, 0.3) is 5.56 Å². The minimum absolute atomic E-state index is 0.0350. The van der Waals surface area contributed by atoms with Crippen LogP contribution in [0, 0.1) is 0 Å². The minimum Gasteiger partial charge on any atom is -0.481 e. The fourth-order valence-electron chi connectivity index (χ4n) is 4.75. The molecule has 2 aromatic heterocycles. The third-order valence-corrected chi connectivity index (χ3v) is 6.61. The van der Waals surface area contributed by atoms with Crippen LogP contribution in [-0.2, 0) is 37.8 Å². The number of nitrogens with zero attached hydrogens (tertiary/aromatic N) is 5. The monoisotopic (exact) mass is 494 g/mol. The zero-order valence-electron chi connectivity index (χ0n) is 21.1. The van der Waals surface area contributed by atoms with E-state index < -0.39 is 11.7 Å².